The van der Waals surface area contributed by atoms with Gasteiger partial charge in [-0.15, -0.1) is 0 Å². The quantitative estimate of drug-likeness (QED) is 0.803. The molecule has 0 bridgehead atoms. The molecule has 0 aromatic carbocycles. The maximum atomic E-state index is 8.78. The fourth-order valence-corrected chi connectivity index (χ4v) is 1.68. The van der Waals surface area contributed by atoms with Crippen molar-refractivity contribution in [2.24, 2.45) is 0 Å². The van der Waals surface area contributed by atoms with E-state index in [0.29, 0.717) is 12.4 Å². The first-order valence-corrected chi connectivity index (χ1v) is 6.06. The number of anilines is 2. The number of nitrogens with zero attached hydrogens (tertiary/aromatic N) is 4. The number of hydrogen-bond donors (Lipinski definition) is 2. The molecular weight excluding hydrogens is 242 g/mol. The molecule has 19 heavy (non-hydrogen) atoms. The number of aromatic nitrogens is 3. The van der Waals surface area contributed by atoms with Crippen LogP contribution in [0.4, 0.5) is 11.6 Å². The Balaban J connectivity index is 2.04. The van der Waals surface area contributed by atoms with Gasteiger partial charge in [-0.25, -0.2) is 9.97 Å². The summed E-state index contributed by atoms with van der Waals surface area (Å²) < 4.78 is 0. The lowest BCUT2D eigenvalue weighted by atomic mass is 10.3. The van der Waals surface area contributed by atoms with Gasteiger partial charge in [0.05, 0.1) is 6.61 Å². The summed E-state index contributed by atoms with van der Waals surface area (Å²) in [5.74, 6) is 1.52. The van der Waals surface area contributed by atoms with E-state index in [1.165, 1.54) is 6.33 Å². The van der Waals surface area contributed by atoms with Gasteiger partial charge < -0.3 is 15.3 Å². The molecule has 0 saturated heterocycles. The van der Waals surface area contributed by atoms with Crippen LogP contribution >= 0.6 is 0 Å². The van der Waals surface area contributed by atoms with Gasteiger partial charge in [0.1, 0.15) is 18.0 Å². The molecule has 100 valence electrons. The van der Waals surface area contributed by atoms with Crippen LogP contribution in [0.2, 0.25) is 0 Å². The summed E-state index contributed by atoms with van der Waals surface area (Å²) in [6.07, 6.45) is 5.10. The van der Waals surface area contributed by atoms with Gasteiger partial charge in [0.25, 0.3) is 0 Å². The summed E-state index contributed by atoms with van der Waals surface area (Å²) in [4.78, 5) is 14.4. The average molecular weight is 259 g/mol. The number of aliphatic hydroxyl groups is 1. The van der Waals surface area contributed by atoms with E-state index < -0.39 is 0 Å². The molecule has 0 aliphatic heterocycles. The molecule has 0 fully saturated rings. The zero-order valence-electron chi connectivity index (χ0n) is 10.8. The second kappa shape index (κ2) is 6.65. The van der Waals surface area contributed by atoms with Crippen molar-refractivity contribution in [3.05, 3.63) is 42.5 Å². The van der Waals surface area contributed by atoms with Gasteiger partial charge in [-0.2, -0.15) is 0 Å². The highest BCUT2D eigenvalue weighted by Crippen LogP contribution is 2.14. The summed E-state index contributed by atoms with van der Waals surface area (Å²) in [6.45, 7) is 1.28. The van der Waals surface area contributed by atoms with Crippen LogP contribution in [-0.4, -0.2) is 40.3 Å². The SMILES string of the molecule is CN(Cc1cccnc1)c1cc(NCCO)ncn1. The summed E-state index contributed by atoms with van der Waals surface area (Å²) in [5, 5.41) is 11.8. The summed E-state index contributed by atoms with van der Waals surface area (Å²) in [7, 11) is 1.96. The highest BCUT2D eigenvalue weighted by molar-refractivity contribution is 5.48. The summed E-state index contributed by atoms with van der Waals surface area (Å²) >= 11 is 0. The van der Waals surface area contributed by atoms with E-state index in [9.17, 15) is 0 Å². The first kappa shape index (κ1) is 13.2. The van der Waals surface area contributed by atoms with Crippen molar-refractivity contribution in [2.75, 3.05) is 30.4 Å². The van der Waals surface area contributed by atoms with E-state index in [0.717, 1.165) is 17.9 Å². The van der Waals surface area contributed by atoms with E-state index in [1.54, 1.807) is 6.20 Å². The van der Waals surface area contributed by atoms with E-state index in [1.807, 2.05) is 36.3 Å². The van der Waals surface area contributed by atoms with Gasteiger partial charge in [0.15, 0.2) is 0 Å². The number of rotatable bonds is 6. The van der Waals surface area contributed by atoms with Crippen molar-refractivity contribution in [3.8, 4) is 0 Å². The Morgan fingerprint density at radius 2 is 2.26 bits per heavy atom. The number of pyridine rings is 1. The molecule has 0 aliphatic carbocycles. The number of nitrogens with one attached hydrogen (secondary N) is 1. The van der Waals surface area contributed by atoms with Crippen LogP contribution in [0.25, 0.3) is 0 Å². The average Bonchev–Trinajstić information content (AvgIpc) is 2.46. The minimum Gasteiger partial charge on any atom is -0.395 e. The van der Waals surface area contributed by atoms with Crippen LogP contribution < -0.4 is 10.2 Å². The molecule has 2 aromatic heterocycles. The second-order valence-electron chi connectivity index (χ2n) is 4.13. The van der Waals surface area contributed by atoms with Gasteiger partial charge in [0.2, 0.25) is 0 Å². The van der Waals surface area contributed by atoms with Gasteiger partial charge in [-0.3, -0.25) is 4.98 Å². The van der Waals surface area contributed by atoms with Crippen LogP contribution in [-0.2, 0) is 6.54 Å². The molecule has 2 heterocycles. The molecule has 0 saturated carbocycles. The first-order valence-electron chi connectivity index (χ1n) is 6.06. The molecule has 0 aliphatic rings. The Hall–Kier alpha value is -2.21. The van der Waals surface area contributed by atoms with Crippen molar-refractivity contribution in [1.29, 1.82) is 0 Å². The standard InChI is InChI=1S/C13H17N5O/c1-18(9-11-3-2-4-14-8-11)13-7-12(15-5-6-19)16-10-17-13/h2-4,7-8,10,19H,5-6,9H2,1H3,(H,15,16,17). The zero-order chi connectivity index (χ0) is 13.5. The lowest BCUT2D eigenvalue weighted by molar-refractivity contribution is 0.311. The lowest BCUT2D eigenvalue weighted by Crippen LogP contribution is -2.18. The molecule has 2 N–H and O–H groups in total. The third-order valence-corrected chi connectivity index (χ3v) is 2.60. The highest BCUT2D eigenvalue weighted by Gasteiger charge is 2.05. The van der Waals surface area contributed by atoms with Gasteiger partial charge in [0, 0.05) is 38.6 Å². The second-order valence-corrected chi connectivity index (χ2v) is 4.13. The molecule has 0 spiro atoms. The predicted octanol–water partition coefficient (Wildman–Crippen LogP) is 0.912. The molecule has 2 rings (SSSR count). The molecule has 6 heteroatoms. The zero-order valence-corrected chi connectivity index (χ0v) is 10.8. The van der Waals surface area contributed by atoms with Crippen molar-refractivity contribution in [2.45, 2.75) is 6.54 Å². The van der Waals surface area contributed by atoms with Crippen molar-refractivity contribution in [3.63, 3.8) is 0 Å². The van der Waals surface area contributed by atoms with Crippen LogP contribution in [0.15, 0.2) is 36.9 Å². The molecule has 0 radical (unpaired) electrons. The third kappa shape index (κ3) is 3.89. The first-order chi connectivity index (χ1) is 9.29. The smallest absolute Gasteiger partial charge is 0.134 e. The van der Waals surface area contributed by atoms with Crippen LogP contribution in [0.3, 0.4) is 0 Å². The molecular formula is C13H17N5O. The Kier molecular flexibility index (Phi) is 4.63. The Labute approximate surface area is 112 Å². The van der Waals surface area contributed by atoms with Gasteiger partial charge >= 0.3 is 0 Å². The summed E-state index contributed by atoms with van der Waals surface area (Å²) in [5.41, 5.74) is 1.12. The van der Waals surface area contributed by atoms with E-state index >= 15 is 0 Å². The van der Waals surface area contributed by atoms with Crippen molar-refractivity contribution < 1.29 is 5.11 Å². The van der Waals surface area contributed by atoms with Crippen molar-refractivity contribution >= 4 is 11.6 Å². The normalized spacial score (nSPS) is 10.2. The van der Waals surface area contributed by atoms with Crippen molar-refractivity contribution in [1.82, 2.24) is 15.0 Å². The topological polar surface area (TPSA) is 74.2 Å². The highest BCUT2D eigenvalue weighted by atomic mass is 16.3. The Bertz CT molecular complexity index is 505. The van der Waals surface area contributed by atoms with E-state index in [-0.39, 0.29) is 6.61 Å². The van der Waals surface area contributed by atoms with E-state index in [2.05, 4.69) is 20.3 Å². The van der Waals surface area contributed by atoms with Crippen LogP contribution in [0.5, 0.6) is 0 Å². The molecule has 0 atom stereocenters. The number of aliphatic hydroxyl groups excluding tert-OH is 1. The van der Waals surface area contributed by atoms with E-state index in [4.69, 9.17) is 5.11 Å². The largest absolute Gasteiger partial charge is 0.395 e. The lowest BCUT2D eigenvalue weighted by Gasteiger charge is -2.18. The third-order valence-electron chi connectivity index (χ3n) is 2.60. The minimum absolute atomic E-state index is 0.0743. The molecule has 0 unspecified atom stereocenters. The minimum atomic E-state index is 0.0743. The Morgan fingerprint density at radius 1 is 1.37 bits per heavy atom. The number of hydrogen-bond acceptors (Lipinski definition) is 6. The van der Waals surface area contributed by atoms with Crippen LogP contribution in [0, 0.1) is 0 Å². The molecule has 0 amide bonds. The predicted molar refractivity (Wildman–Crippen MR) is 74.0 cm³/mol. The monoisotopic (exact) mass is 259 g/mol. The fraction of sp³-hybridized carbons (Fsp3) is 0.308. The summed E-state index contributed by atoms with van der Waals surface area (Å²) in [6, 6.07) is 5.79. The Morgan fingerprint density at radius 3 is 3.00 bits per heavy atom. The van der Waals surface area contributed by atoms with Gasteiger partial charge in [-0.05, 0) is 11.6 Å². The fourth-order valence-electron chi connectivity index (χ4n) is 1.68. The van der Waals surface area contributed by atoms with Gasteiger partial charge in [-0.1, -0.05) is 6.07 Å². The molecule has 2 aromatic rings. The van der Waals surface area contributed by atoms with Crippen LogP contribution in [0.1, 0.15) is 5.56 Å². The molecule has 6 nitrogen and oxygen atoms in total. The maximum absolute atomic E-state index is 8.78. The maximum Gasteiger partial charge on any atom is 0.134 e.